The molecule has 94 valence electrons. The predicted octanol–water partition coefficient (Wildman–Crippen LogP) is 2.77. The van der Waals surface area contributed by atoms with Crippen molar-refractivity contribution in [3.05, 3.63) is 64.7 Å². The molecule has 0 heterocycles. The van der Waals surface area contributed by atoms with E-state index in [-0.39, 0.29) is 22.4 Å². The molecule has 0 atom stereocenters. The summed E-state index contributed by atoms with van der Waals surface area (Å²) >= 11 is 0. The summed E-state index contributed by atoms with van der Waals surface area (Å²) in [6.07, 6.45) is 0. The van der Waals surface area contributed by atoms with Crippen LogP contribution in [0.25, 0.3) is 0 Å². The first kappa shape index (κ1) is 12.7. The minimum atomic E-state index is -0.758. The van der Waals surface area contributed by atoms with Gasteiger partial charge in [-0.3, -0.25) is 4.79 Å². The molecule has 0 aliphatic rings. The minimum Gasteiger partial charge on any atom is -0.508 e. The van der Waals surface area contributed by atoms with Crippen molar-refractivity contribution in [2.24, 2.45) is 0 Å². The second kappa shape index (κ2) is 4.86. The standard InChI is InChI=1S/C14H7F2NO2/c15-11-4-9(5-12(18)6-11)14(19)8-1-2-13(16)10(3-8)7-17/h1-6,18H. The normalized spacial score (nSPS) is 9.95. The highest BCUT2D eigenvalue weighted by Crippen LogP contribution is 2.19. The van der Waals surface area contributed by atoms with Crippen LogP contribution in [0.15, 0.2) is 36.4 Å². The molecule has 19 heavy (non-hydrogen) atoms. The zero-order valence-electron chi connectivity index (χ0n) is 9.52. The Bertz CT molecular complexity index is 685. The van der Waals surface area contributed by atoms with Gasteiger partial charge < -0.3 is 5.11 Å². The third-order valence-electron chi connectivity index (χ3n) is 2.49. The van der Waals surface area contributed by atoms with Crippen LogP contribution in [0.5, 0.6) is 5.75 Å². The van der Waals surface area contributed by atoms with Gasteiger partial charge in [0.25, 0.3) is 0 Å². The lowest BCUT2D eigenvalue weighted by Gasteiger charge is -2.03. The van der Waals surface area contributed by atoms with Crippen molar-refractivity contribution in [3.63, 3.8) is 0 Å². The van der Waals surface area contributed by atoms with E-state index < -0.39 is 17.4 Å². The fourth-order valence-electron chi connectivity index (χ4n) is 1.62. The van der Waals surface area contributed by atoms with E-state index in [1.807, 2.05) is 0 Å². The molecule has 0 aliphatic heterocycles. The number of nitriles is 1. The van der Waals surface area contributed by atoms with Crippen LogP contribution in [0.3, 0.4) is 0 Å². The van der Waals surface area contributed by atoms with Gasteiger partial charge in [0.15, 0.2) is 5.78 Å². The van der Waals surface area contributed by atoms with E-state index >= 15 is 0 Å². The minimum absolute atomic E-state index is 0.0444. The van der Waals surface area contributed by atoms with Crippen LogP contribution >= 0.6 is 0 Å². The number of aromatic hydroxyl groups is 1. The molecule has 1 N–H and O–H groups in total. The molecule has 0 fully saturated rings. The van der Waals surface area contributed by atoms with Gasteiger partial charge in [0.05, 0.1) is 5.56 Å². The van der Waals surface area contributed by atoms with Crippen LogP contribution in [0.2, 0.25) is 0 Å². The number of nitrogens with zero attached hydrogens (tertiary/aromatic N) is 1. The Hall–Kier alpha value is -2.74. The molecular formula is C14H7F2NO2. The molecule has 0 radical (unpaired) electrons. The van der Waals surface area contributed by atoms with Gasteiger partial charge in [-0.25, -0.2) is 8.78 Å². The van der Waals surface area contributed by atoms with E-state index in [0.29, 0.717) is 0 Å². The second-order valence-electron chi connectivity index (χ2n) is 3.83. The van der Waals surface area contributed by atoms with Gasteiger partial charge in [-0.15, -0.1) is 0 Å². The Morgan fingerprint density at radius 1 is 1.11 bits per heavy atom. The number of phenolic OH excluding ortho intramolecular Hbond substituents is 1. The molecule has 5 heteroatoms. The molecule has 0 amide bonds. The summed E-state index contributed by atoms with van der Waals surface area (Å²) in [6, 6.07) is 7.80. The van der Waals surface area contributed by atoms with Gasteiger partial charge in [-0.1, -0.05) is 0 Å². The zero-order valence-corrected chi connectivity index (χ0v) is 9.52. The maximum atomic E-state index is 13.1. The molecule has 0 aliphatic carbocycles. The van der Waals surface area contributed by atoms with Gasteiger partial charge >= 0.3 is 0 Å². The van der Waals surface area contributed by atoms with Crippen molar-refractivity contribution in [2.45, 2.75) is 0 Å². The lowest BCUT2D eigenvalue weighted by molar-refractivity contribution is 0.103. The summed E-state index contributed by atoms with van der Waals surface area (Å²) in [6.45, 7) is 0. The van der Waals surface area contributed by atoms with Crippen LogP contribution in [0.1, 0.15) is 21.5 Å². The molecule has 0 aromatic heterocycles. The van der Waals surface area contributed by atoms with E-state index in [2.05, 4.69) is 0 Å². The van der Waals surface area contributed by atoms with E-state index in [4.69, 9.17) is 5.26 Å². The number of rotatable bonds is 2. The molecule has 3 nitrogen and oxygen atoms in total. The van der Waals surface area contributed by atoms with Gasteiger partial charge in [-0.05, 0) is 30.3 Å². The summed E-state index contributed by atoms with van der Waals surface area (Å²) in [7, 11) is 0. The molecule has 2 rings (SSSR count). The fraction of sp³-hybridized carbons (Fsp3) is 0. The monoisotopic (exact) mass is 259 g/mol. The summed E-state index contributed by atoms with van der Waals surface area (Å²) in [5.41, 5.74) is -0.303. The van der Waals surface area contributed by atoms with Crippen LogP contribution in [-0.4, -0.2) is 10.9 Å². The maximum absolute atomic E-state index is 13.1. The Morgan fingerprint density at radius 2 is 1.84 bits per heavy atom. The Morgan fingerprint density at radius 3 is 2.47 bits per heavy atom. The first-order valence-corrected chi connectivity index (χ1v) is 5.25. The summed E-state index contributed by atoms with van der Waals surface area (Å²) < 4.78 is 26.2. The number of carbonyl (C=O) groups is 1. The van der Waals surface area contributed by atoms with Crippen molar-refractivity contribution >= 4 is 5.78 Å². The zero-order chi connectivity index (χ0) is 14.0. The van der Waals surface area contributed by atoms with Crippen LogP contribution < -0.4 is 0 Å². The van der Waals surface area contributed by atoms with Gasteiger partial charge in [-0.2, -0.15) is 5.26 Å². The average molecular weight is 259 g/mol. The first-order valence-electron chi connectivity index (χ1n) is 5.25. The maximum Gasteiger partial charge on any atom is 0.193 e. The third-order valence-corrected chi connectivity index (χ3v) is 2.49. The second-order valence-corrected chi connectivity index (χ2v) is 3.83. The van der Waals surface area contributed by atoms with Crippen molar-refractivity contribution in [1.29, 1.82) is 5.26 Å². The number of hydrogen-bond donors (Lipinski definition) is 1. The SMILES string of the molecule is N#Cc1cc(C(=O)c2cc(O)cc(F)c2)ccc1F. The van der Waals surface area contributed by atoms with Crippen LogP contribution in [0, 0.1) is 23.0 Å². The first-order chi connectivity index (χ1) is 9.01. The molecule has 0 saturated carbocycles. The van der Waals surface area contributed by atoms with Crippen molar-refractivity contribution in [2.75, 3.05) is 0 Å². The third kappa shape index (κ3) is 2.58. The smallest absolute Gasteiger partial charge is 0.193 e. The van der Waals surface area contributed by atoms with Gasteiger partial charge in [0, 0.05) is 17.2 Å². The van der Waals surface area contributed by atoms with Crippen molar-refractivity contribution in [3.8, 4) is 11.8 Å². The van der Waals surface area contributed by atoms with Gasteiger partial charge in [0.1, 0.15) is 23.5 Å². The average Bonchev–Trinajstić information content (AvgIpc) is 2.37. The molecule has 0 bridgehead atoms. The topological polar surface area (TPSA) is 61.1 Å². The number of hydrogen-bond acceptors (Lipinski definition) is 3. The number of phenols is 1. The van der Waals surface area contributed by atoms with Crippen molar-refractivity contribution < 1.29 is 18.7 Å². The number of ketones is 1. The number of carbonyl (C=O) groups excluding carboxylic acids is 1. The summed E-state index contributed by atoms with van der Waals surface area (Å²) in [5, 5.41) is 17.9. The molecular weight excluding hydrogens is 252 g/mol. The quantitative estimate of drug-likeness (QED) is 0.843. The lowest BCUT2D eigenvalue weighted by atomic mass is 10.0. The van der Waals surface area contributed by atoms with Crippen LogP contribution in [-0.2, 0) is 0 Å². The fourth-order valence-corrected chi connectivity index (χ4v) is 1.62. The van der Waals surface area contributed by atoms with E-state index in [1.54, 1.807) is 6.07 Å². The number of halogens is 2. The molecule has 0 saturated heterocycles. The van der Waals surface area contributed by atoms with E-state index in [0.717, 1.165) is 30.3 Å². The largest absolute Gasteiger partial charge is 0.508 e. The highest BCUT2D eigenvalue weighted by atomic mass is 19.1. The van der Waals surface area contributed by atoms with Gasteiger partial charge in [0.2, 0.25) is 0 Å². The lowest BCUT2D eigenvalue weighted by Crippen LogP contribution is -2.03. The highest BCUT2D eigenvalue weighted by Gasteiger charge is 2.13. The Balaban J connectivity index is 2.47. The van der Waals surface area contributed by atoms with E-state index in [1.165, 1.54) is 6.07 Å². The molecule has 2 aromatic carbocycles. The molecule has 0 unspecified atom stereocenters. The predicted molar refractivity (Wildman–Crippen MR) is 62.6 cm³/mol. The van der Waals surface area contributed by atoms with E-state index in [9.17, 15) is 18.7 Å². The van der Waals surface area contributed by atoms with Crippen molar-refractivity contribution in [1.82, 2.24) is 0 Å². The van der Waals surface area contributed by atoms with Crippen LogP contribution in [0.4, 0.5) is 8.78 Å². The Kier molecular flexibility index (Phi) is 3.25. The number of benzene rings is 2. The summed E-state index contributed by atoms with van der Waals surface area (Å²) in [5.74, 6) is -2.48. The summed E-state index contributed by atoms with van der Waals surface area (Å²) in [4.78, 5) is 12.0. The highest BCUT2D eigenvalue weighted by molar-refractivity contribution is 6.09. The molecule has 2 aromatic rings. The molecule has 0 spiro atoms. The Labute approximate surface area is 107 Å².